The number of amides is 5. The van der Waals surface area contributed by atoms with Gasteiger partial charge in [0.25, 0.3) is 5.91 Å². The second-order valence-electron chi connectivity index (χ2n) is 17.0. The lowest BCUT2D eigenvalue weighted by Crippen LogP contribution is -2.60. The lowest BCUT2D eigenvalue weighted by atomic mass is 9.85. The molecule has 0 bridgehead atoms. The number of unbranched alkanes of at least 4 members (excludes halogenated alkanes) is 6. The fourth-order valence-electron chi connectivity index (χ4n) is 6.70. The van der Waals surface area contributed by atoms with Gasteiger partial charge in [-0.25, -0.2) is 13.2 Å². The number of hydrogen-bond donors (Lipinski definition) is 4. The molecule has 5 unspecified atom stereocenters. The lowest BCUT2D eigenvalue weighted by molar-refractivity contribution is -0.144. The van der Waals surface area contributed by atoms with Crippen LogP contribution in [-0.2, 0) is 29.0 Å². The average Bonchev–Trinajstić information content (AvgIpc) is 3.62. The zero-order chi connectivity index (χ0) is 40.1. The minimum atomic E-state index is -3.09. The van der Waals surface area contributed by atoms with Crippen molar-refractivity contribution in [2.75, 3.05) is 18.8 Å². The predicted molar refractivity (Wildman–Crippen MR) is 209 cm³/mol. The molecule has 0 aromatic heterocycles. The van der Waals surface area contributed by atoms with E-state index < -0.39 is 73.6 Å². The van der Waals surface area contributed by atoms with E-state index in [1.54, 1.807) is 26.8 Å². The van der Waals surface area contributed by atoms with Gasteiger partial charge >= 0.3 is 6.03 Å². The summed E-state index contributed by atoms with van der Waals surface area (Å²) in [5.74, 6) is -0.0717. The molecule has 4 N–H and O–H groups in total. The molecular weight excluding hydrogens is 695 g/mol. The fourth-order valence-corrected chi connectivity index (χ4v) is 7.90. The molecular formula is C40H67N5O7S. The van der Waals surface area contributed by atoms with Crippen LogP contribution in [0.15, 0.2) is 12.7 Å². The third-order valence-corrected chi connectivity index (χ3v) is 13.3. The SMILES string of the molecule is C#CCCC(NC(=O)[C@@H]1C(C=C)C(CC)CN1C(=O)[C@@H](NC(=O)NCCCCCCCCCS(=O)(=O)C(C)(C)C)C(C)(C)C)C(=O)C(=O)NC1CC1C. The summed E-state index contributed by atoms with van der Waals surface area (Å²) in [6.45, 7) is 19.3. The Bertz CT molecular complexity index is 1440. The van der Waals surface area contributed by atoms with Crippen molar-refractivity contribution in [3.8, 4) is 12.3 Å². The standard InChI is InChI=1S/C40H67N5O7S/c1-11-14-22-30(33(46)36(48)43-31-25-27(31)4)42-35(47)32-29(13-3)28(12-2)26-45(32)37(49)34(39(5,6)7)44-38(50)41-23-20-18-16-15-17-19-21-24-53(51,52)40(8,9)10/h1,13,27-32,34H,3,12,14-26H2,2,4-10H3,(H,42,47)(H,43,48)(H2,41,44,50)/t27?,28?,29?,30?,31?,32-,34+/m0/s1. The van der Waals surface area contributed by atoms with Crippen LogP contribution in [0.5, 0.6) is 0 Å². The van der Waals surface area contributed by atoms with Crippen molar-refractivity contribution in [1.82, 2.24) is 26.2 Å². The van der Waals surface area contributed by atoms with Crippen molar-refractivity contribution in [1.29, 1.82) is 0 Å². The highest BCUT2D eigenvalue weighted by Crippen LogP contribution is 2.35. The number of Topliss-reactive ketones (excluding diaryl/α,β-unsaturated/α-hetero) is 1. The highest BCUT2D eigenvalue weighted by molar-refractivity contribution is 7.92. The minimum Gasteiger partial charge on any atom is -0.346 e. The molecule has 2 rings (SSSR count). The summed E-state index contributed by atoms with van der Waals surface area (Å²) >= 11 is 0. The Morgan fingerprint density at radius 1 is 0.962 bits per heavy atom. The highest BCUT2D eigenvalue weighted by atomic mass is 32.2. The number of carbonyl (C=O) groups excluding carboxylic acids is 5. The summed E-state index contributed by atoms with van der Waals surface area (Å²) in [4.78, 5) is 68.9. The van der Waals surface area contributed by atoms with E-state index in [0.29, 0.717) is 19.4 Å². The van der Waals surface area contributed by atoms with Crippen molar-refractivity contribution < 1.29 is 32.4 Å². The molecule has 1 heterocycles. The molecule has 0 spiro atoms. The average molecular weight is 762 g/mol. The molecule has 13 heteroatoms. The number of likely N-dealkylation sites (tertiary alicyclic amines) is 1. The molecule has 12 nitrogen and oxygen atoms in total. The summed E-state index contributed by atoms with van der Waals surface area (Å²) in [5, 5.41) is 11.2. The first kappa shape index (κ1) is 45.8. The van der Waals surface area contributed by atoms with Crippen LogP contribution >= 0.6 is 0 Å². The number of urea groups is 1. The molecule has 53 heavy (non-hydrogen) atoms. The molecule has 1 saturated carbocycles. The number of hydrogen-bond acceptors (Lipinski definition) is 7. The largest absolute Gasteiger partial charge is 0.346 e. The summed E-state index contributed by atoms with van der Waals surface area (Å²) in [6.07, 6.45) is 14.9. The molecule has 2 aliphatic rings. The Balaban J connectivity index is 2.02. The molecule has 5 amide bonds. The van der Waals surface area contributed by atoms with E-state index in [-0.39, 0.29) is 43.0 Å². The fraction of sp³-hybridized carbons (Fsp3) is 0.775. The van der Waals surface area contributed by atoms with E-state index in [9.17, 15) is 32.4 Å². The number of rotatable bonds is 21. The maximum Gasteiger partial charge on any atom is 0.315 e. The van der Waals surface area contributed by atoms with Gasteiger partial charge in [0.1, 0.15) is 12.1 Å². The summed E-state index contributed by atoms with van der Waals surface area (Å²) in [5.41, 5.74) is -0.709. The Hall–Kier alpha value is -3.40. The summed E-state index contributed by atoms with van der Waals surface area (Å²) < 4.78 is 23.8. The van der Waals surface area contributed by atoms with Crippen LogP contribution in [0.1, 0.15) is 126 Å². The van der Waals surface area contributed by atoms with Crippen LogP contribution in [0.3, 0.4) is 0 Å². The second-order valence-corrected chi connectivity index (χ2v) is 19.8. The number of nitrogens with zero attached hydrogens (tertiary/aromatic N) is 1. The Labute approximate surface area is 319 Å². The molecule has 1 aliphatic heterocycles. The summed E-state index contributed by atoms with van der Waals surface area (Å²) in [7, 11) is -3.09. The Morgan fingerprint density at radius 2 is 1.55 bits per heavy atom. The zero-order valence-corrected chi connectivity index (χ0v) is 34.3. The van der Waals surface area contributed by atoms with E-state index in [1.807, 2.05) is 34.6 Å². The quantitative estimate of drug-likeness (QED) is 0.0570. The second kappa shape index (κ2) is 20.3. The topological polar surface area (TPSA) is 171 Å². The van der Waals surface area contributed by atoms with Crippen LogP contribution in [-0.4, -0.2) is 90.6 Å². The lowest BCUT2D eigenvalue weighted by Gasteiger charge is -2.36. The molecule has 1 aliphatic carbocycles. The maximum atomic E-state index is 14.3. The first-order valence-electron chi connectivity index (χ1n) is 19.5. The van der Waals surface area contributed by atoms with Gasteiger partial charge in [0.05, 0.1) is 16.5 Å². The monoisotopic (exact) mass is 761 g/mol. The van der Waals surface area contributed by atoms with Gasteiger partial charge < -0.3 is 26.2 Å². The van der Waals surface area contributed by atoms with Crippen molar-refractivity contribution in [3.05, 3.63) is 12.7 Å². The predicted octanol–water partition coefficient (Wildman–Crippen LogP) is 4.68. The first-order chi connectivity index (χ1) is 24.7. The van der Waals surface area contributed by atoms with Gasteiger partial charge in [0, 0.05) is 31.5 Å². The molecule has 0 radical (unpaired) electrons. The molecule has 7 atom stereocenters. The smallest absolute Gasteiger partial charge is 0.315 e. The van der Waals surface area contributed by atoms with Gasteiger partial charge in [-0.3, -0.25) is 19.2 Å². The normalized spacial score (nSPS) is 22.5. The highest BCUT2D eigenvalue weighted by Gasteiger charge is 2.49. The third kappa shape index (κ3) is 13.8. The number of carbonyl (C=O) groups is 5. The van der Waals surface area contributed by atoms with Crippen molar-refractivity contribution >= 4 is 39.4 Å². The Kier molecular flexibility index (Phi) is 17.5. The summed E-state index contributed by atoms with van der Waals surface area (Å²) in [6, 6.07) is -3.68. The number of terminal acetylenes is 1. The van der Waals surface area contributed by atoms with Crippen molar-refractivity contribution in [2.45, 2.75) is 155 Å². The van der Waals surface area contributed by atoms with E-state index >= 15 is 0 Å². The first-order valence-corrected chi connectivity index (χ1v) is 21.1. The third-order valence-electron chi connectivity index (χ3n) is 10.6. The van der Waals surface area contributed by atoms with E-state index in [2.05, 4.69) is 33.8 Å². The van der Waals surface area contributed by atoms with Crippen LogP contribution in [0, 0.1) is 35.5 Å². The molecule has 0 aromatic rings. The van der Waals surface area contributed by atoms with Crippen molar-refractivity contribution in [3.63, 3.8) is 0 Å². The van der Waals surface area contributed by atoms with E-state index in [0.717, 1.165) is 44.9 Å². The van der Waals surface area contributed by atoms with Gasteiger partial charge in [0.2, 0.25) is 17.6 Å². The van der Waals surface area contributed by atoms with Gasteiger partial charge in [-0.05, 0) is 63.7 Å². The van der Waals surface area contributed by atoms with Gasteiger partial charge in [-0.2, -0.15) is 0 Å². The van der Waals surface area contributed by atoms with Gasteiger partial charge in [-0.15, -0.1) is 18.9 Å². The number of sulfone groups is 1. The Morgan fingerprint density at radius 3 is 2.06 bits per heavy atom. The maximum absolute atomic E-state index is 14.3. The molecule has 0 aromatic carbocycles. The van der Waals surface area contributed by atoms with Crippen LogP contribution in [0.4, 0.5) is 4.79 Å². The van der Waals surface area contributed by atoms with E-state index in [4.69, 9.17) is 6.42 Å². The van der Waals surface area contributed by atoms with Crippen molar-refractivity contribution in [2.24, 2.45) is 23.2 Å². The van der Waals surface area contributed by atoms with Crippen LogP contribution < -0.4 is 21.3 Å². The minimum absolute atomic E-state index is 0.0670. The molecule has 2 fully saturated rings. The van der Waals surface area contributed by atoms with E-state index in [1.165, 1.54) is 4.90 Å². The van der Waals surface area contributed by atoms with Crippen LogP contribution in [0.25, 0.3) is 0 Å². The number of ketones is 1. The van der Waals surface area contributed by atoms with Crippen LogP contribution in [0.2, 0.25) is 0 Å². The number of nitrogens with one attached hydrogen (secondary N) is 4. The zero-order valence-electron chi connectivity index (χ0n) is 33.5. The van der Waals surface area contributed by atoms with Gasteiger partial charge in [0.15, 0.2) is 9.84 Å². The molecule has 1 saturated heterocycles. The van der Waals surface area contributed by atoms with Gasteiger partial charge in [-0.1, -0.05) is 79.2 Å². The molecule has 300 valence electrons.